The van der Waals surface area contributed by atoms with Crippen molar-refractivity contribution in [3.63, 3.8) is 0 Å². The minimum Gasteiger partial charge on any atom is -0.409 e. The molecule has 14 heavy (non-hydrogen) atoms. The van der Waals surface area contributed by atoms with Crippen LogP contribution in [0, 0.1) is 20.8 Å². The third-order valence-corrected chi connectivity index (χ3v) is 2.60. The number of hydrogen-bond acceptors (Lipinski definition) is 3. The number of aromatic nitrogens is 2. The Kier molecular flexibility index (Phi) is 2.78. The topological polar surface area (TPSA) is 76.4 Å². The van der Waals surface area contributed by atoms with E-state index >= 15 is 0 Å². The van der Waals surface area contributed by atoms with Gasteiger partial charge in [-0.25, -0.2) is 0 Å². The van der Waals surface area contributed by atoms with Crippen LogP contribution in [0.3, 0.4) is 0 Å². The second kappa shape index (κ2) is 3.69. The van der Waals surface area contributed by atoms with E-state index in [2.05, 4.69) is 10.3 Å². The van der Waals surface area contributed by atoms with Gasteiger partial charge in [-0.2, -0.15) is 5.10 Å². The molecule has 0 spiro atoms. The maximum atomic E-state index is 8.56. The van der Waals surface area contributed by atoms with Crippen LogP contribution in [0.4, 0.5) is 0 Å². The van der Waals surface area contributed by atoms with E-state index in [4.69, 9.17) is 10.9 Å². The van der Waals surface area contributed by atoms with Crippen LogP contribution in [-0.2, 0) is 0 Å². The molecule has 1 rings (SSSR count). The average Bonchev–Trinajstić information content (AvgIpc) is 2.43. The van der Waals surface area contributed by atoms with E-state index < -0.39 is 0 Å². The number of amidine groups is 1. The van der Waals surface area contributed by atoms with Gasteiger partial charge < -0.3 is 10.9 Å². The van der Waals surface area contributed by atoms with Gasteiger partial charge in [0.1, 0.15) is 6.04 Å². The van der Waals surface area contributed by atoms with Gasteiger partial charge in [0.25, 0.3) is 0 Å². The Morgan fingerprint density at radius 3 is 2.43 bits per heavy atom. The van der Waals surface area contributed by atoms with Gasteiger partial charge in [-0.3, -0.25) is 4.68 Å². The van der Waals surface area contributed by atoms with Gasteiger partial charge in [0, 0.05) is 5.69 Å². The van der Waals surface area contributed by atoms with Gasteiger partial charge in [0.15, 0.2) is 5.84 Å². The van der Waals surface area contributed by atoms with Crippen LogP contribution in [0.1, 0.15) is 29.9 Å². The Labute approximate surface area is 83.2 Å². The van der Waals surface area contributed by atoms with Crippen molar-refractivity contribution < 1.29 is 5.21 Å². The molecule has 5 heteroatoms. The van der Waals surface area contributed by atoms with Crippen LogP contribution in [0.15, 0.2) is 5.16 Å². The fraction of sp³-hybridized carbons (Fsp3) is 0.556. The van der Waals surface area contributed by atoms with Crippen LogP contribution >= 0.6 is 0 Å². The number of nitrogens with zero attached hydrogens (tertiary/aromatic N) is 3. The molecule has 0 saturated heterocycles. The molecule has 0 radical (unpaired) electrons. The Bertz CT molecular complexity index is 367. The van der Waals surface area contributed by atoms with E-state index in [-0.39, 0.29) is 11.9 Å². The zero-order valence-electron chi connectivity index (χ0n) is 8.94. The quantitative estimate of drug-likeness (QED) is 0.322. The van der Waals surface area contributed by atoms with Crippen LogP contribution < -0.4 is 5.73 Å². The molecule has 5 nitrogen and oxygen atoms in total. The molecular weight excluding hydrogens is 180 g/mol. The molecule has 0 bridgehead atoms. The number of oxime groups is 1. The summed E-state index contributed by atoms with van der Waals surface area (Å²) in [6.45, 7) is 7.76. The summed E-state index contributed by atoms with van der Waals surface area (Å²) in [6, 6.07) is -0.215. The minimum atomic E-state index is -0.215. The molecule has 1 unspecified atom stereocenters. The van der Waals surface area contributed by atoms with E-state index in [1.54, 1.807) is 4.68 Å². The number of nitrogens with two attached hydrogens (primary N) is 1. The van der Waals surface area contributed by atoms with Gasteiger partial charge in [-0.1, -0.05) is 5.16 Å². The third-order valence-electron chi connectivity index (χ3n) is 2.60. The van der Waals surface area contributed by atoms with E-state index in [0.29, 0.717) is 0 Å². The lowest BCUT2D eigenvalue weighted by Crippen LogP contribution is -2.26. The molecule has 1 heterocycles. The summed E-state index contributed by atoms with van der Waals surface area (Å²) in [6.07, 6.45) is 0. The maximum Gasteiger partial charge on any atom is 0.163 e. The number of hydrogen-bond donors (Lipinski definition) is 2. The van der Waals surface area contributed by atoms with Gasteiger partial charge in [0.2, 0.25) is 0 Å². The molecule has 0 aromatic carbocycles. The summed E-state index contributed by atoms with van der Waals surface area (Å²) in [5.74, 6) is 0.163. The monoisotopic (exact) mass is 196 g/mol. The molecule has 3 N–H and O–H groups in total. The van der Waals surface area contributed by atoms with Crippen molar-refractivity contribution in [1.82, 2.24) is 9.78 Å². The molecule has 0 fully saturated rings. The molecule has 0 aliphatic rings. The highest BCUT2D eigenvalue weighted by molar-refractivity contribution is 5.83. The summed E-state index contributed by atoms with van der Waals surface area (Å²) in [5, 5.41) is 15.9. The smallest absolute Gasteiger partial charge is 0.163 e. The molecule has 78 valence electrons. The summed E-state index contributed by atoms with van der Waals surface area (Å²) >= 11 is 0. The highest BCUT2D eigenvalue weighted by Crippen LogP contribution is 2.15. The summed E-state index contributed by atoms with van der Waals surface area (Å²) in [7, 11) is 0. The SMILES string of the molecule is Cc1nn(C(C)C(N)=NO)c(C)c1C. The number of rotatable bonds is 2. The lowest BCUT2D eigenvalue weighted by Gasteiger charge is -2.12. The summed E-state index contributed by atoms with van der Waals surface area (Å²) in [4.78, 5) is 0. The molecular formula is C9H16N4O. The van der Waals surface area contributed by atoms with Gasteiger partial charge >= 0.3 is 0 Å². The predicted molar refractivity (Wildman–Crippen MR) is 54.6 cm³/mol. The van der Waals surface area contributed by atoms with Crippen LogP contribution in [0.5, 0.6) is 0 Å². The first-order valence-electron chi connectivity index (χ1n) is 4.48. The standard InChI is InChI=1S/C9H16N4O/c1-5-6(2)11-13(7(5)3)8(4)9(10)12-14/h8,14H,1-4H3,(H2,10,12). The first-order chi connectivity index (χ1) is 6.49. The molecule has 1 aromatic rings. The van der Waals surface area contributed by atoms with Crippen LogP contribution in [-0.4, -0.2) is 20.8 Å². The average molecular weight is 196 g/mol. The Balaban J connectivity index is 3.14. The van der Waals surface area contributed by atoms with Crippen molar-refractivity contribution in [2.24, 2.45) is 10.9 Å². The highest BCUT2D eigenvalue weighted by Gasteiger charge is 2.15. The highest BCUT2D eigenvalue weighted by atomic mass is 16.4. The van der Waals surface area contributed by atoms with Crippen molar-refractivity contribution in [3.8, 4) is 0 Å². The van der Waals surface area contributed by atoms with Gasteiger partial charge in [-0.05, 0) is 33.3 Å². The predicted octanol–water partition coefficient (Wildman–Crippen LogP) is 1.12. The lowest BCUT2D eigenvalue weighted by molar-refractivity contribution is 0.313. The second-order valence-corrected chi connectivity index (χ2v) is 3.44. The fourth-order valence-electron chi connectivity index (χ4n) is 1.33. The molecule has 0 aliphatic carbocycles. The van der Waals surface area contributed by atoms with Crippen LogP contribution in [0.2, 0.25) is 0 Å². The Hall–Kier alpha value is -1.52. The molecule has 0 saturated carbocycles. The van der Waals surface area contributed by atoms with E-state index in [1.807, 2.05) is 27.7 Å². The van der Waals surface area contributed by atoms with Gasteiger partial charge in [-0.15, -0.1) is 0 Å². The number of aryl methyl sites for hydroxylation is 1. The summed E-state index contributed by atoms with van der Waals surface area (Å²) in [5.41, 5.74) is 8.67. The molecule has 0 aliphatic heterocycles. The lowest BCUT2D eigenvalue weighted by atomic mass is 10.2. The first kappa shape index (κ1) is 10.6. The Morgan fingerprint density at radius 2 is 2.07 bits per heavy atom. The second-order valence-electron chi connectivity index (χ2n) is 3.44. The maximum absolute atomic E-state index is 8.56. The molecule has 0 amide bonds. The minimum absolute atomic E-state index is 0.163. The fourth-order valence-corrected chi connectivity index (χ4v) is 1.33. The zero-order chi connectivity index (χ0) is 10.9. The van der Waals surface area contributed by atoms with Crippen molar-refractivity contribution >= 4 is 5.84 Å². The Morgan fingerprint density at radius 1 is 1.50 bits per heavy atom. The van der Waals surface area contributed by atoms with E-state index in [1.165, 1.54) is 0 Å². The van der Waals surface area contributed by atoms with Gasteiger partial charge in [0.05, 0.1) is 5.69 Å². The van der Waals surface area contributed by atoms with Crippen molar-refractivity contribution in [3.05, 3.63) is 17.0 Å². The zero-order valence-corrected chi connectivity index (χ0v) is 8.94. The van der Waals surface area contributed by atoms with Crippen LogP contribution in [0.25, 0.3) is 0 Å². The normalized spacial score (nSPS) is 14.4. The molecule has 1 aromatic heterocycles. The molecule has 1 atom stereocenters. The first-order valence-corrected chi connectivity index (χ1v) is 4.48. The summed E-state index contributed by atoms with van der Waals surface area (Å²) < 4.78 is 1.76. The largest absolute Gasteiger partial charge is 0.409 e. The van der Waals surface area contributed by atoms with Crippen molar-refractivity contribution in [2.45, 2.75) is 33.7 Å². The third kappa shape index (κ3) is 1.57. The van der Waals surface area contributed by atoms with E-state index in [0.717, 1.165) is 17.0 Å². The van der Waals surface area contributed by atoms with Crippen molar-refractivity contribution in [2.75, 3.05) is 0 Å². The van der Waals surface area contributed by atoms with Crippen molar-refractivity contribution in [1.29, 1.82) is 0 Å². The van der Waals surface area contributed by atoms with E-state index in [9.17, 15) is 0 Å².